The van der Waals surface area contributed by atoms with Crippen molar-refractivity contribution in [3.63, 3.8) is 0 Å². The number of benzene rings is 1. The summed E-state index contributed by atoms with van der Waals surface area (Å²) in [5.74, 6) is 0.709. The fraction of sp³-hybridized carbons (Fsp3) is 0.500. The quantitative estimate of drug-likeness (QED) is 0.788. The zero-order chi connectivity index (χ0) is 13.0. The third-order valence-corrected chi connectivity index (χ3v) is 3.57. The summed E-state index contributed by atoms with van der Waals surface area (Å²) in [5.41, 5.74) is 0.646. The number of hydrogen-bond donors (Lipinski definition) is 0. The van der Waals surface area contributed by atoms with Gasteiger partial charge in [0.05, 0.1) is 12.2 Å². The number of para-hydroxylation sites is 1. The van der Waals surface area contributed by atoms with Crippen LogP contribution in [0.1, 0.15) is 30.1 Å². The van der Waals surface area contributed by atoms with E-state index in [1.165, 1.54) is 0 Å². The Morgan fingerprint density at radius 3 is 2.72 bits per heavy atom. The van der Waals surface area contributed by atoms with E-state index < -0.39 is 0 Å². The summed E-state index contributed by atoms with van der Waals surface area (Å²) < 4.78 is 5.50. The van der Waals surface area contributed by atoms with Gasteiger partial charge in [-0.05, 0) is 31.9 Å². The SMILES string of the molecule is CCOc1ccccc1C(=O)N1CCC(Cl)CC1. The van der Waals surface area contributed by atoms with Gasteiger partial charge in [0.1, 0.15) is 5.75 Å². The Balaban J connectivity index is 2.13. The molecule has 1 aliphatic heterocycles. The van der Waals surface area contributed by atoms with Crippen molar-refractivity contribution in [2.45, 2.75) is 25.1 Å². The Hall–Kier alpha value is -1.22. The molecule has 0 atom stereocenters. The van der Waals surface area contributed by atoms with Crippen LogP contribution in [0.3, 0.4) is 0 Å². The van der Waals surface area contributed by atoms with Crippen LogP contribution in [-0.4, -0.2) is 35.9 Å². The Labute approximate surface area is 113 Å². The Morgan fingerprint density at radius 1 is 1.39 bits per heavy atom. The van der Waals surface area contributed by atoms with Crippen molar-refractivity contribution in [2.24, 2.45) is 0 Å². The molecule has 4 heteroatoms. The smallest absolute Gasteiger partial charge is 0.257 e. The van der Waals surface area contributed by atoms with Crippen molar-refractivity contribution in [1.82, 2.24) is 4.90 Å². The first kappa shape index (κ1) is 13.2. The van der Waals surface area contributed by atoms with Gasteiger partial charge in [-0.3, -0.25) is 4.79 Å². The molecule has 0 N–H and O–H groups in total. The van der Waals surface area contributed by atoms with Crippen LogP contribution in [0.2, 0.25) is 0 Å². The lowest BCUT2D eigenvalue weighted by molar-refractivity contribution is 0.0722. The van der Waals surface area contributed by atoms with E-state index in [1.54, 1.807) is 0 Å². The minimum atomic E-state index is 0.0441. The number of piperidine rings is 1. The van der Waals surface area contributed by atoms with Gasteiger partial charge in [0.15, 0.2) is 0 Å². The van der Waals surface area contributed by atoms with Crippen molar-refractivity contribution in [1.29, 1.82) is 0 Å². The molecule has 3 nitrogen and oxygen atoms in total. The molecular formula is C14H18ClNO2. The number of alkyl halides is 1. The van der Waals surface area contributed by atoms with Gasteiger partial charge < -0.3 is 9.64 Å². The number of likely N-dealkylation sites (tertiary alicyclic amines) is 1. The molecule has 0 aromatic heterocycles. The van der Waals surface area contributed by atoms with Gasteiger partial charge in [-0.25, -0.2) is 0 Å². The van der Waals surface area contributed by atoms with E-state index in [2.05, 4.69) is 0 Å². The van der Waals surface area contributed by atoms with Crippen LogP contribution >= 0.6 is 11.6 Å². The number of ether oxygens (including phenoxy) is 1. The summed E-state index contributed by atoms with van der Waals surface area (Å²) >= 11 is 6.05. The molecular weight excluding hydrogens is 250 g/mol. The maximum Gasteiger partial charge on any atom is 0.257 e. The lowest BCUT2D eigenvalue weighted by atomic mass is 10.1. The normalized spacial score (nSPS) is 16.7. The molecule has 0 radical (unpaired) electrons. The highest BCUT2D eigenvalue weighted by Gasteiger charge is 2.24. The van der Waals surface area contributed by atoms with Gasteiger partial charge in [-0.2, -0.15) is 0 Å². The molecule has 98 valence electrons. The van der Waals surface area contributed by atoms with Gasteiger partial charge in [-0.1, -0.05) is 12.1 Å². The zero-order valence-corrected chi connectivity index (χ0v) is 11.3. The zero-order valence-electron chi connectivity index (χ0n) is 10.6. The molecule has 1 fully saturated rings. The van der Waals surface area contributed by atoms with Crippen molar-refractivity contribution in [3.8, 4) is 5.75 Å². The number of carbonyl (C=O) groups is 1. The third kappa shape index (κ3) is 2.96. The van der Waals surface area contributed by atoms with Crippen LogP contribution in [0.15, 0.2) is 24.3 Å². The largest absolute Gasteiger partial charge is 0.493 e. The van der Waals surface area contributed by atoms with Crippen LogP contribution in [0.4, 0.5) is 0 Å². The predicted octanol–water partition coefficient (Wildman–Crippen LogP) is 2.93. The lowest BCUT2D eigenvalue weighted by Crippen LogP contribution is -2.38. The number of hydrogen-bond acceptors (Lipinski definition) is 2. The molecule has 0 saturated carbocycles. The van der Waals surface area contributed by atoms with Crippen LogP contribution in [0.25, 0.3) is 0 Å². The summed E-state index contributed by atoms with van der Waals surface area (Å²) in [6, 6.07) is 7.40. The minimum Gasteiger partial charge on any atom is -0.493 e. The average molecular weight is 268 g/mol. The monoisotopic (exact) mass is 267 g/mol. The topological polar surface area (TPSA) is 29.5 Å². The second kappa shape index (κ2) is 6.10. The fourth-order valence-electron chi connectivity index (χ4n) is 2.15. The number of halogens is 1. The molecule has 2 rings (SSSR count). The molecule has 0 bridgehead atoms. The standard InChI is InChI=1S/C14H18ClNO2/c1-2-18-13-6-4-3-5-12(13)14(17)16-9-7-11(15)8-10-16/h3-6,11H,2,7-10H2,1H3. The second-order valence-corrected chi connectivity index (χ2v) is 5.01. The van der Waals surface area contributed by atoms with Gasteiger partial charge in [-0.15, -0.1) is 11.6 Å². The van der Waals surface area contributed by atoms with Gasteiger partial charge in [0.2, 0.25) is 0 Å². The first-order chi connectivity index (χ1) is 8.72. The summed E-state index contributed by atoms with van der Waals surface area (Å²) in [6.07, 6.45) is 1.73. The average Bonchev–Trinajstić information content (AvgIpc) is 2.40. The minimum absolute atomic E-state index is 0.0441. The maximum atomic E-state index is 12.4. The highest BCUT2D eigenvalue weighted by Crippen LogP contribution is 2.23. The highest BCUT2D eigenvalue weighted by atomic mass is 35.5. The van der Waals surface area contributed by atoms with E-state index in [9.17, 15) is 4.79 Å². The van der Waals surface area contributed by atoms with Crippen LogP contribution < -0.4 is 4.74 Å². The number of carbonyl (C=O) groups excluding carboxylic acids is 1. The lowest BCUT2D eigenvalue weighted by Gasteiger charge is -2.29. The molecule has 0 unspecified atom stereocenters. The summed E-state index contributed by atoms with van der Waals surface area (Å²) in [6.45, 7) is 3.94. The first-order valence-corrected chi connectivity index (χ1v) is 6.81. The predicted molar refractivity (Wildman–Crippen MR) is 72.4 cm³/mol. The molecule has 1 aliphatic rings. The number of nitrogens with zero attached hydrogens (tertiary/aromatic N) is 1. The van der Waals surface area contributed by atoms with E-state index in [-0.39, 0.29) is 11.3 Å². The third-order valence-electron chi connectivity index (χ3n) is 3.13. The van der Waals surface area contributed by atoms with Gasteiger partial charge in [0.25, 0.3) is 5.91 Å². The molecule has 1 saturated heterocycles. The summed E-state index contributed by atoms with van der Waals surface area (Å²) in [5, 5.41) is 0.205. The molecule has 0 spiro atoms. The molecule has 18 heavy (non-hydrogen) atoms. The highest BCUT2D eigenvalue weighted by molar-refractivity contribution is 6.20. The summed E-state index contributed by atoms with van der Waals surface area (Å²) in [7, 11) is 0. The maximum absolute atomic E-state index is 12.4. The first-order valence-electron chi connectivity index (χ1n) is 6.37. The van der Waals surface area contributed by atoms with Crippen LogP contribution in [0, 0.1) is 0 Å². The van der Waals surface area contributed by atoms with Crippen LogP contribution in [0.5, 0.6) is 5.75 Å². The van der Waals surface area contributed by atoms with Gasteiger partial charge in [0, 0.05) is 18.5 Å². The van der Waals surface area contributed by atoms with Crippen LogP contribution in [-0.2, 0) is 0 Å². The van der Waals surface area contributed by atoms with Crippen molar-refractivity contribution < 1.29 is 9.53 Å². The molecule has 1 heterocycles. The van der Waals surface area contributed by atoms with Gasteiger partial charge >= 0.3 is 0 Å². The Bertz CT molecular complexity index is 414. The molecule has 0 aliphatic carbocycles. The van der Waals surface area contributed by atoms with E-state index in [0.29, 0.717) is 17.9 Å². The second-order valence-electron chi connectivity index (χ2n) is 4.40. The molecule has 1 amide bonds. The van der Waals surface area contributed by atoms with E-state index in [1.807, 2.05) is 36.1 Å². The van der Waals surface area contributed by atoms with E-state index >= 15 is 0 Å². The number of rotatable bonds is 3. The summed E-state index contributed by atoms with van der Waals surface area (Å²) in [4.78, 5) is 14.3. The Morgan fingerprint density at radius 2 is 2.06 bits per heavy atom. The van der Waals surface area contributed by atoms with E-state index in [0.717, 1.165) is 25.9 Å². The van der Waals surface area contributed by atoms with E-state index in [4.69, 9.17) is 16.3 Å². The van der Waals surface area contributed by atoms with Crippen molar-refractivity contribution in [3.05, 3.63) is 29.8 Å². The van der Waals surface area contributed by atoms with Crippen molar-refractivity contribution >= 4 is 17.5 Å². The van der Waals surface area contributed by atoms with Crippen molar-refractivity contribution in [2.75, 3.05) is 19.7 Å². The number of amides is 1. The fourth-order valence-corrected chi connectivity index (χ4v) is 2.34. The Kier molecular flexibility index (Phi) is 4.48. The molecule has 1 aromatic rings. The molecule has 1 aromatic carbocycles.